The summed E-state index contributed by atoms with van der Waals surface area (Å²) in [6.45, 7) is 2.26. The average Bonchev–Trinajstić information content (AvgIpc) is 2.83. The highest BCUT2D eigenvalue weighted by molar-refractivity contribution is 9.09. The summed E-state index contributed by atoms with van der Waals surface area (Å²) in [5.74, 6) is 1.43. The van der Waals surface area contributed by atoms with E-state index >= 15 is 0 Å². The second-order valence-corrected chi connectivity index (χ2v) is 4.97. The third-order valence-electron chi connectivity index (χ3n) is 2.27. The van der Waals surface area contributed by atoms with Crippen molar-refractivity contribution < 1.29 is 0 Å². The van der Waals surface area contributed by atoms with Crippen molar-refractivity contribution in [2.24, 2.45) is 0 Å². The molecule has 0 spiro atoms. The van der Waals surface area contributed by atoms with Crippen LogP contribution in [0.25, 0.3) is 0 Å². The van der Waals surface area contributed by atoms with Crippen molar-refractivity contribution in [3.63, 3.8) is 0 Å². The molecule has 1 aliphatic rings. The van der Waals surface area contributed by atoms with Gasteiger partial charge in [0.05, 0.1) is 11.2 Å². The van der Waals surface area contributed by atoms with Crippen molar-refractivity contribution in [3.8, 4) is 0 Å². The van der Waals surface area contributed by atoms with Crippen LogP contribution in [0.4, 0.5) is 0 Å². The lowest BCUT2D eigenvalue weighted by molar-refractivity contribution is 0.870. The van der Waals surface area contributed by atoms with Gasteiger partial charge in [-0.2, -0.15) is 0 Å². The summed E-state index contributed by atoms with van der Waals surface area (Å²) in [5, 5.41) is 1.05. The molecule has 0 bridgehead atoms. The lowest BCUT2D eigenvalue weighted by Crippen LogP contribution is -1.95. The van der Waals surface area contributed by atoms with E-state index in [-0.39, 0.29) is 0 Å². The van der Waals surface area contributed by atoms with Crippen molar-refractivity contribution in [2.45, 2.75) is 31.6 Å². The number of thiazole rings is 1. The first kappa shape index (κ1) is 8.70. The third-order valence-corrected chi connectivity index (χ3v) is 4.31. The topological polar surface area (TPSA) is 12.9 Å². The highest BCUT2D eigenvalue weighted by Crippen LogP contribution is 2.43. The molecule has 1 fully saturated rings. The van der Waals surface area contributed by atoms with E-state index in [1.807, 2.05) is 16.8 Å². The Balaban J connectivity index is 2.23. The van der Waals surface area contributed by atoms with E-state index in [4.69, 9.17) is 0 Å². The number of aromatic nitrogens is 1. The molecule has 0 aromatic carbocycles. The first-order valence-electron chi connectivity index (χ1n) is 4.32. The van der Waals surface area contributed by atoms with Gasteiger partial charge < -0.3 is 0 Å². The Labute approximate surface area is 85.3 Å². The van der Waals surface area contributed by atoms with Gasteiger partial charge in [-0.3, -0.25) is 0 Å². The maximum absolute atomic E-state index is 4.44. The lowest BCUT2D eigenvalue weighted by Gasteiger charge is -2.06. The molecule has 0 saturated heterocycles. The molecule has 12 heavy (non-hydrogen) atoms. The molecule has 1 atom stereocenters. The van der Waals surface area contributed by atoms with Crippen LogP contribution < -0.4 is 0 Å². The molecule has 0 N–H and O–H groups in total. The minimum atomic E-state index is 0.632. The highest BCUT2D eigenvalue weighted by atomic mass is 79.9. The van der Waals surface area contributed by atoms with Crippen molar-refractivity contribution in [1.82, 2.24) is 4.98 Å². The van der Waals surface area contributed by atoms with E-state index in [1.165, 1.54) is 23.4 Å². The van der Waals surface area contributed by atoms with Gasteiger partial charge in [-0.05, 0) is 12.8 Å². The number of nitrogens with zero attached hydrogens (tertiary/aromatic N) is 1. The van der Waals surface area contributed by atoms with E-state index in [0.717, 1.165) is 11.2 Å². The van der Waals surface area contributed by atoms with Gasteiger partial charge in [0.1, 0.15) is 0 Å². The number of rotatable bonds is 3. The lowest BCUT2D eigenvalue weighted by atomic mass is 10.1. The van der Waals surface area contributed by atoms with Gasteiger partial charge in [0.2, 0.25) is 0 Å². The minimum Gasteiger partial charge on any atom is -0.249 e. The fourth-order valence-corrected chi connectivity index (χ4v) is 2.84. The Bertz CT molecular complexity index is 267. The van der Waals surface area contributed by atoms with E-state index in [1.54, 1.807) is 0 Å². The Morgan fingerprint density at radius 2 is 2.50 bits per heavy atom. The molecule has 0 aliphatic heterocycles. The molecule has 1 aromatic rings. The van der Waals surface area contributed by atoms with Crippen molar-refractivity contribution in [1.29, 1.82) is 0 Å². The van der Waals surface area contributed by atoms with Crippen molar-refractivity contribution in [3.05, 3.63) is 16.1 Å². The van der Waals surface area contributed by atoms with Crippen LogP contribution >= 0.6 is 27.3 Å². The summed E-state index contributed by atoms with van der Waals surface area (Å²) < 4.78 is 0. The van der Waals surface area contributed by atoms with Crippen LogP contribution in [0.1, 0.15) is 42.2 Å². The highest BCUT2D eigenvalue weighted by Gasteiger charge is 2.29. The van der Waals surface area contributed by atoms with Gasteiger partial charge in [-0.15, -0.1) is 11.3 Å². The normalized spacial score (nSPS) is 19.5. The number of hydrogen-bond acceptors (Lipinski definition) is 2. The van der Waals surface area contributed by atoms with Gasteiger partial charge in [0, 0.05) is 22.0 Å². The monoisotopic (exact) mass is 245 g/mol. The molecule has 0 amide bonds. The molecule has 3 heteroatoms. The number of halogens is 1. The average molecular weight is 246 g/mol. The van der Waals surface area contributed by atoms with E-state index < -0.39 is 0 Å². The molecular formula is C9H12BrNS. The van der Waals surface area contributed by atoms with Crippen LogP contribution in [-0.4, -0.2) is 10.3 Å². The van der Waals surface area contributed by atoms with Gasteiger partial charge in [-0.1, -0.05) is 22.9 Å². The van der Waals surface area contributed by atoms with Crippen LogP contribution in [0.3, 0.4) is 0 Å². The standard InChI is InChI=1S/C9H12BrNS/c1-6(4-10)9-8(7-2-3-7)11-5-12-9/h5-7H,2-4H2,1H3. The van der Waals surface area contributed by atoms with E-state index in [9.17, 15) is 0 Å². The zero-order valence-electron chi connectivity index (χ0n) is 7.09. The van der Waals surface area contributed by atoms with Crippen LogP contribution in [0.2, 0.25) is 0 Å². The predicted molar refractivity (Wildman–Crippen MR) is 56.3 cm³/mol. The zero-order valence-corrected chi connectivity index (χ0v) is 9.49. The Kier molecular flexibility index (Phi) is 2.51. The second kappa shape index (κ2) is 3.46. The summed E-state index contributed by atoms with van der Waals surface area (Å²) >= 11 is 5.33. The van der Waals surface area contributed by atoms with E-state index in [0.29, 0.717) is 5.92 Å². The quantitative estimate of drug-likeness (QED) is 0.743. The summed E-state index contributed by atoms with van der Waals surface area (Å²) in [5.41, 5.74) is 3.37. The summed E-state index contributed by atoms with van der Waals surface area (Å²) in [7, 11) is 0. The Morgan fingerprint density at radius 1 is 1.75 bits per heavy atom. The third kappa shape index (κ3) is 1.57. The zero-order chi connectivity index (χ0) is 8.55. The number of alkyl halides is 1. The summed E-state index contributed by atoms with van der Waals surface area (Å²) in [4.78, 5) is 5.94. The molecule has 0 radical (unpaired) electrons. The van der Waals surface area contributed by atoms with Crippen molar-refractivity contribution >= 4 is 27.3 Å². The van der Waals surface area contributed by atoms with Gasteiger partial charge in [0.15, 0.2) is 0 Å². The Morgan fingerprint density at radius 3 is 3.08 bits per heavy atom. The van der Waals surface area contributed by atoms with Gasteiger partial charge in [-0.25, -0.2) is 4.98 Å². The second-order valence-electron chi connectivity index (χ2n) is 3.43. The molecule has 1 heterocycles. The molecule has 1 unspecified atom stereocenters. The fourth-order valence-electron chi connectivity index (χ4n) is 1.37. The first-order chi connectivity index (χ1) is 5.83. The summed E-state index contributed by atoms with van der Waals surface area (Å²) in [6.07, 6.45) is 2.71. The fraction of sp³-hybridized carbons (Fsp3) is 0.667. The Hall–Kier alpha value is 0.110. The molecule has 66 valence electrons. The maximum atomic E-state index is 4.44. The minimum absolute atomic E-state index is 0.632. The molecule has 1 saturated carbocycles. The van der Waals surface area contributed by atoms with Crippen LogP contribution in [-0.2, 0) is 0 Å². The maximum Gasteiger partial charge on any atom is 0.0797 e. The van der Waals surface area contributed by atoms with E-state index in [2.05, 4.69) is 27.8 Å². The SMILES string of the molecule is CC(CBr)c1scnc1C1CC1. The molecule has 1 aliphatic carbocycles. The first-order valence-corrected chi connectivity index (χ1v) is 6.32. The van der Waals surface area contributed by atoms with Crippen LogP contribution in [0.5, 0.6) is 0 Å². The molecular weight excluding hydrogens is 234 g/mol. The number of hydrogen-bond donors (Lipinski definition) is 0. The van der Waals surface area contributed by atoms with Crippen LogP contribution in [0, 0.1) is 0 Å². The summed E-state index contributed by atoms with van der Waals surface area (Å²) in [6, 6.07) is 0. The van der Waals surface area contributed by atoms with Gasteiger partial charge >= 0.3 is 0 Å². The predicted octanol–water partition coefficient (Wildman–Crippen LogP) is 3.52. The largest absolute Gasteiger partial charge is 0.249 e. The molecule has 1 aromatic heterocycles. The molecule has 1 nitrogen and oxygen atoms in total. The van der Waals surface area contributed by atoms with Crippen molar-refractivity contribution in [2.75, 3.05) is 5.33 Å². The molecule has 2 rings (SSSR count). The van der Waals surface area contributed by atoms with Crippen LogP contribution in [0.15, 0.2) is 5.51 Å². The smallest absolute Gasteiger partial charge is 0.0797 e. The van der Waals surface area contributed by atoms with Gasteiger partial charge in [0.25, 0.3) is 0 Å².